The lowest BCUT2D eigenvalue weighted by atomic mass is 9.98. The summed E-state index contributed by atoms with van der Waals surface area (Å²) in [7, 11) is 0. The van der Waals surface area contributed by atoms with Crippen LogP contribution in [0.3, 0.4) is 0 Å². The van der Waals surface area contributed by atoms with Crippen molar-refractivity contribution < 1.29 is 19.1 Å². The number of carbonyl (C=O) groups excluding carboxylic acids is 2. The van der Waals surface area contributed by atoms with Crippen molar-refractivity contribution in [3.63, 3.8) is 0 Å². The predicted molar refractivity (Wildman–Crippen MR) is 180 cm³/mol. The van der Waals surface area contributed by atoms with Gasteiger partial charge in [0, 0.05) is 51.5 Å². The molecule has 0 spiro atoms. The zero-order valence-electron chi connectivity index (χ0n) is 26.3. The van der Waals surface area contributed by atoms with Crippen LogP contribution in [-0.4, -0.2) is 60.2 Å². The van der Waals surface area contributed by atoms with Gasteiger partial charge in [-0.25, -0.2) is 14.6 Å². The number of halogens is 2. The Kier molecular flexibility index (Phi) is 15.1. The Labute approximate surface area is 274 Å². The van der Waals surface area contributed by atoms with Crippen LogP contribution in [0.2, 0.25) is 0 Å². The van der Waals surface area contributed by atoms with Gasteiger partial charge in [-0.15, -0.1) is 24.8 Å². The smallest absolute Gasteiger partial charge is 0.342 e. The van der Waals surface area contributed by atoms with Crippen LogP contribution in [0.5, 0.6) is 0 Å². The number of piperazine rings is 1. The lowest BCUT2D eigenvalue weighted by Gasteiger charge is -2.36. The Morgan fingerprint density at radius 3 is 1.98 bits per heavy atom. The molecule has 3 aromatic rings. The molecule has 240 valence electrons. The van der Waals surface area contributed by atoms with Gasteiger partial charge in [0.2, 0.25) is 0 Å². The van der Waals surface area contributed by atoms with E-state index in [0.29, 0.717) is 23.5 Å². The standard InChI is InChI=1S/C34H44N4O4.2ClH/c1-6-31(28-10-7-8-11-29(28)33(39)41-24(2)3)36-22-26-13-15-27(16-14-26)23-37-18-20-38(21-19-37)32-30(12-9-17-35-32)34(40)42-25(4)5;;/h7-17,24-25,31,36H,6,18-23H2,1-5H3;2*1H. The van der Waals surface area contributed by atoms with Gasteiger partial charge in [0.25, 0.3) is 0 Å². The van der Waals surface area contributed by atoms with Crippen LogP contribution < -0.4 is 10.2 Å². The second kappa shape index (κ2) is 18.0. The number of aromatic nitrogens is 1. The third kappa shape index (κ3) is 10.2. The minimum Gasteiger partial charge on any atom is -0.459 e. The van der Waals surface area contributed by atoms with Gasteiger partial charge in [-0.2, -0.15) is 0 Å². The van der Waals surface area contributed by atoms with Crippen LogP contribution in [0.1, 0.15) is 84.5 Å². The Morgan fingerprint density at radius 2 is 1.36 bits per heavy atom. The average Bonchev–Trinajstić information content (AvgIpc) is 2.98. The molecule has 0 amide bonds. The third-order valence-corrected chi connectivity index (χ3v) is 7.31. The summed E-state index contributed by atoms with van der Waals surface area (Å²) in [6, 6.07) is 20.0. The minimum atomic E-state index is -0.326. The molecule has 1 aliphatic rings. The van der Waals surface area contributed by atoms with Crippen molar-refractivity contribution in [1.29, 1.82) is 0 Å². The normalized spacial score (nSPS) is 14.0. The highest BCUT2D eigenvalue weighted by Gasteiger charge is 2.24. The molecule has 44 heavy (non-hydrogen) atoms. The van der Waals surface area contributed by atoms with Crippen LogP contribution in [0, 0.1) is 0 Å². The highest BCUT2D eigenvalue weighted by atomic mass is 35.5. The topological polar surface area (TPSA) is 84.0 Å². The van der Waals surface area contributed by atoms with E-state index < -0.39 is 0 Å². The van der Waals surface area contributed by atoms with Gasteiger partial charge in [-0.3, -0.25) is 4.90 Å². The molecule has 0 saturated carbocycles. The summed E-state index contributed by atoms with van der Waals surface area (Å²) in [4.78, 5) is 34.3. The number of hydrogen-bond donors (Lipinski definition) is 1. The molecule has 2 aromatic carbocycles. The number of pyridine rings is 1. The fraction of sp³-hybridized carbons (Fsp3) is 0.441. The number of nitrogens with one attached hydrogen (secondary N) is 1. The number of ether oxygens (including phenoxy) is 2. The number of benzene rings is 2. The van der Waals surface area contributed by atoms with E-state index in [4.69, 9.17) is 9.47 Å². The Balaban J connectivity index is 0.00000337. The number of anilines is 1. The summed E-state index contributed by atoms with van der Waals surface area (Å²) in [5.74, 6) is 0.0952. The van der Waals surface area contributed by atoms with Crippen molar-refractivity contribution in [2.75, 3.05) is 31.1 Å². The molecule has 1 fully saturated rings. The lowest BCUT2D eigenvalue weighted by molar-refractivity contribution is 0.0366. The first-order valence-corrected chi connectivity index (χ1v) is 15.0. The third-order valence-electron chi connectivity index (χ3n) is 7.31. The van der Waals surface area contributed by atoms with Crippen molar-refractivity contribution in [2.45, 2.75) is 72.4 Å². The maximum atomic E-state index is 12.7. The second-order valence-corrected chi connectivity index (χ2v) is 11.3. The molecule has 0 bridgehead atoms. The Hall–Kier alpha value is -3.17. The SMILES string of the molecule is CCC(NCc1ccc(CN2CCN(c3ncccc3C(=O)OC(C)C)CC2)cc1)c1ccccc1C(=O)OC(C)C.Cl.Cl. The van der Waals surface area contributed by atoms with Gasteiger partial charge in [-0.05, 0) is 69.0 Å². The highest BCUT2D eigenvalue weighted by Crippen LogP contribution is 2.24. The molecule has 1 unspecified atom stereocenters. The van der Waals surface area contributed by atoms with Gasteiger partial charge in [0.05, 0.1) is 17.8 Å². The molecule has 1 aliphatic heterocycles. The first-order chi connectivity index (χ1) is 20.2. The van der Waals surface area contributed by atoms with E-state index in [9.17, 15) is 9.59 Å². The molecule has 1 aromatic heterocycles. The molecule has 2 heterocycles. The van der Waals surface area contributed by atoms with Gasteiger partial charge in [0.15, 0.2) is 0 Å². The fourth-order valence-corrected chi connectivity index (χ4v) is 5.20. The van der Waals surface area contributed by atoms with Crippen LogP contribution in [-0.2, 0) is 22.6 Å². The van der Waals surface area contributed by atoms with E-state index in [-0.39, 0.29) is 55.0 Å². The first kappa shape index (κ1) is 37.0. The summed E-state index contributed by atoms with van der Waals surface area (Å²) in [6.07, 6.45) is 2.26. The van der Waals surface area contributed by atoms with Crippen LogP contribution >= 0.6 is 24.8 Å². The molecule has 10 heteroatoms. The molecule has 1 saturated heterocycles. The molecule has 1 N–H and O–H groups in total. The zero-order chi connectivity index (χ0) is 30.1. The summed E-state index contributed by atoms with van der Waals surface area (Å²) >= 11 is 0. The second-order valence-electron chi connectivity index (χ2n) is 11.3. The van der Waals surface area contributed by atoms with Gasteiger partial charge < -0.3 is 19.7 Å². The average molecular weight is 646 g/mol. The van der Waals surface area contributed by atoms with Crippen molar-refractivity contribution in [2.24, 2.45) is 0 Å². The number of nitrogens with zero attached hydrogens (tertiary/aromatic N) is 3. The molecule has 8 nitrogen and oxygen atoms in total. The summed E-state index contributed by atoms with van der Waals surface area (Å²) in [6.45, 7) is 14.5. The zero-order valence-corrected chi connectivity index (χ0v) is 28.0. The van der Waals surface area contributed by atoms with Crippen molar-refractivity contribution >= 4 is 42.6 Å². The summed E-state index contributed by atoms with van der Waals surface area (Å²) < 4.78 is 10.9. The maximum Gasteiger partial charge on any atom is 0.342 e. The van der Waals surface area contributed by atoms with Crippen molar-refractivity contribution in [3.8, 4) is 0 Å². The minimum absolute atomic E-state index is 0. The highest BCUT2D eigenvalue weighted by molar-refractivity contribution is 5.95. The molecule has 0 radical (unpaired) electrons. The fourth-order valence-electron chi connectivity index (χ4n) is 5.20. The van der Waals surface area contributed by atoms with Gasteiger partial charge in [0.1, 0.15) is 11.4 Å². The number of esters is 2. The number of hydrogen-bond acceptors (Lipinski definition) is 8. The van der Waals surface area contributed by atoms with Crippen LogP contribution in [0.15, 0.2) is 66.9 Å². The molecular formula is C34H46Cl2N4O4. The van der Waals surface area contributed by atoms with Gasteiger partial charge in [-0.1, -0.05) is 49.4 Å². The van der Waals surface area contributed by atoms with Crippen molar-refractivity contribution in [3.05, 3.63) is 94.7 Å². The van der Waals surface area contributed by atoms with Crippen molar-refractivity contribution in [1.82, 2.24) is 15.2 Å². The number of rotatable bonds is 12. The number of carbonyl (C=O) groups is 2. The van der Waals surface area contributed by atoms with E-state index in [2.05, 4.69) is 51.3 Å². The monoisotopic (exact) mass is 644 g/mol. The molecule has 0 aliphatic carbocycles. The van der Waals surface area contributed by atoms with Gasteiger partial charge >= 0.3 is 11.9 Å². The van der Waals surface area contributed by atoms with Crippen LogP contribution in [0.4, 0.5) is 5.82 Å². The molecular weight excluding hydrogens is 599 g/mol. The Morgan fingerprint density at radius 1 is 0.795 bits per heavy atom. The largest absolute Gasteiger partial charge is 0.459 e. The Bertz CT molecular complexity index is 1330. The quantitative estimate of drug-likeness (QED) is 0.220. The molecule has 1 atom stereocenters. The van der Waals surface area contributed by atoms with E-state index in [1.54, 1.807) is 18.3 Å². The van der Waals surface area contributed by atoms with Crippen LogP contribution in [0.25, 0.3) is 0 Å². The predicted octanol–water partition coefficient (Wildman–Crippen LogP) is 6.62. The molecule has 4 rings (SSSR count). The van der Waals surface area contributed by atoms with E-state index >= 15 is 0 Å². The summed E-state index contributed by atoms with van der Waals surface area (Å²) in [5.41, 5.74) is 4.57. The van der Waals surface area contributed by atoms with E-state index in [1.807, 2.05) is 52.0 Å². The lowest BCUT2D eigenvalue weighted by Crippen LogP contribution is -2.46. The maximum absolute atomic E-state index is 12.7. The van der Waals surface area contributed by atoms with E-state index in [0.717, 1.165) is 44.7 Å². The van der Waals surface area contributed by atoms with E-state index in [1.165, 1.54) is 11.1 Å². The first-order valence-electron chi connectivity index (χ1n) is 15.0. The summed E-state index contributed by atoms with van der Waals surface area (Å²) in [5, 5.41) is 3.63.